The van der Waals surface area contributed by atoms with Crippen LogP contribution in [0, 0.1) is 6.92 Å². The molecule has 0 aliphatic rings. The van der Waals surface area contributed by atoms with Crippen LogP contribution in [0.5, 0.6) is 5.75 Å². The zero-order valence-corrected chi connectivity index (χ0v) is 20.2. The van der Waals surface area contributed by atoms with Gasteiger partial charge in [0.1, 0.15) is 5.75 Å². The summed E-state index contributed by atoms with van der Waals surface area (Å²) in [7, 11) is -0.991. The molecule has 0 fully saturated rings. The number of ether oxygens (including phenoxy) is 1. The summed E-state index contributed by atoms with van der Waals surface area (Å²) in [4.78, 5) is 15.0. The number of nitrogens with one attached hydrogen (secondary N) is 1. The first-order chi connectivity index (χ1) is 14.6. The van der Waals surface area contributed by atoms with E-state index in [1.165, 1.54) is 26.3 Å². The van der Waals surface area contributed by atoms with Gasteiger partial charge in [-0.2, -0.15) is 0 Å². The molecule has 1 N–H and O–H groups in total. The van der Waals surface area contributed by atoms with Crippen LogP contribution >= 0.6 is 11.6 Å². The second-order valence-electron chi connectivity index (χ2n) is 7.07. The third kappa shape index (κ3) is 5.90. The molecule has 0 aliphatic carbocycles. The number of nitrogens with zero attached hydrogens (tertiary/aromatic N) is 2. The molecule has 2 aromatic rings. The second-order valence-corrected chi connectivity index (χ2v) is 9.45. The number of hydrogen-bond donors (Lipinski definition) is 1. The number of benzene rings is 2. The van der Waals surface area contributed by atoms with Gasteiger partial charge in [-0.3, -0.25) is 9.10 Å². The van der Waals surface area contributed by atoms with E-state index in [4.69, 9.17) is 16.3 Å². The van der Waals surface area contributed by atoms with E-state index in [1.807, 2.05) is 6.92 Å². The lowest BCUT2D eigenvalue weighted by Gasteiger charge is -2.22. The summed E-state index contributed by atoms with van der Waals surface area (Å²) in [5.41, 5.74) is 1.42. The lowest BCUT2D eigenvalue weighted by atomic mass is 10.1. The van der Waals surface area contributed by atoms with Crippen LogP contribution in [0.25, 0.3) is 0 Å². The molecule has 170 valence electrons. The Morgan fingerprint density at radius 2 is 1.74 bits per heavy atom. The number of amides is 1. The summed E-state index contributed by atoms with van der Waals surface area (Å²) in [6.45, 7) is 9.01. The number of methoxy groups -OCH3 is 1. The van der Waals surface area contributed by atoms with Crippen molar-refractivity contribution >= 4 is 33.2 Å². The van der Waals surface area contributed by atoms with Gasteiger partial charge in [-0.15, -0.1) is 0 Å². The number of aryl methyl sites for hydroxylation is 1. The SMILES string of the molecule is CCN(CC)CCNC(=O)c1cc(Cl)c(N(C)S(=O)(=O)c2ccc(C)cc2)cc1OC. The summed E-state index contributed by atoms with van der Waals surface area (Å²) < 4.78 is 32.5. The fourth-order valence-corrected chi connectivity index (χ4v) is 4.64. The molecular weight excluding hydrogens is 438 g/mol. The standard InChI is InChI=1S/C22H30ClN3O4S/c1-6-26(7-2)13-12-24-22(27)18-14-19(23)20(15-21(18)30-5)25(4)31(28,29)17-10-8-16(3)9-11-17/h8-11,14-15H,6-7,12-13H2,1-5H3,(H,24,27). The number of sulfonamides is 1. The molecule has 9 heteroatoms. The van der Waals surface area contributed by atoms with Crippen LogP contribution in [0.4, 0.5) is 5.69 Å². The van der Waals surface area contributed by atoms with Crippen molar-refractivity contribution < 1.29 is 17.9 Å². The first-order valence-corrected chi connectivity index (χ1v) is 11.9. The average molecular weight is 468 g/mol. The van der Waals surface area contributed by atoms with E-state index >= 15 is 0 Å². The summed E-state index contributed by atoms with van der Waals surface area (Å²) in [5, 5.41) is 2.99. The van der Waals surface area contributed by atoms with Crippen LogP contribution in [0.15, 0.2) is 41.3 Å². The second kappa shape index (κ2) is 10.8. The van der Waals surface area contributed by atoms with E-state index < -0.39 is 10.0 Å². The number of likely N-dealkylation sites (N-methyl/N-ethyl adjacent to an activating group) is 1. The minimum absolute atomic E-state index is 0.132. The number of hydrogen-bond acceptors (Lipinski definition) is 5. The number of anilines is 1. The van der Waals surface area contributed by atoms with Crippen molar-refractivity contribution in [1.29, 1.82) is 0 Å². The Kier molecular flexibility index (Phi) is 8.73. The average Bonchev–Trinajstić information content (AvgIpc) is 2.76. The predicted molar refractivity (Wildman–Crippen MR) is 125 cm³/mol. The van der Waals surface area contributed by atoms with Gasteiger partial charge in [-0.05, 0) is 38.2 Å². The van der Waals surface area contributed by atoms with Crippen molar-refractivity contribution in [3.05, 3.63) is 52.5 Å². The predicted octanol–water partition coefficient (Wildman–Crippen LogP) is 3.55. The molecule has 0 spiro atoms. The maximum absolute atomic E-state index is 13.0. The van der Waals surface area contributed by atoms with E-state index in [0.29, 0.717) is 6.54 Å². The van der Waals surface area contributed by atoms with Crippen LogP contribution in [-0.2, 0) is 10.0 Å². The Labute approximate surface area is 190 Å². The summed E-state index contributed by atoms with van der Waals surface area (Å²) >= 11 is 6.40. The van der Waals surface area contributed by atoms with E-state index in [-0.39, 0.29) is 32.8 Å². The van der Waals surface area contributed by atoms with Gasteiger partial charge in [0.05, 0.1) is 28.3 Å². The van der Waals surface area contributed by atoms with Gasteiger partial charge in [0, 0.05) is 26.2 Å². The molecule has 0 atom stereocenters. The van der Waals surface area contributed by atoms with E-state index in [9.17, 15) is 13.2 Å². The summed E-state index contributed by atoms with van der Waals surface area (Å²) in [5.74, 6) is -0.0906. The van der Waals surface area contributed by atoms with Crippen LogP contribution < -0.4 is 14.4 Å². The van der Waals surface area contributed by atoms with E-state index in [1.54, 1.807) is 24.3 Å². The van der Waals surface area contributed by atoms with Crippen LogP contribution in [0.1, 0.15) is 29.8 Å². The quantitative estimate of drug-likeness (QED) is 0.578. The molecule has 7 nitrogen and oxygen atoms in total. The largest absolute Gasteiger partial charge is 0.496 e. The van der Waals surface area contributed by atoms with Crippen molar-refractivity contribution in [2.45, 2.75) is 25.7 Å². The third-order valence-electron chi connectivity index (χ3n) is 5.14. The molecule has 0 saturated heterocycles. The summed E-state index contributed by atoms with van der Waals surface area (Å²) in [6.07, 6.45) is 0. The van der Waals surface area contributed by atoms with Crippen LogP contribution in [-0.4, -0.2) is 59.6 Å². The van der Waals surface area contributed by atoms with Gasteiger partial charge in [-0.1, -0.05) is 43.1 Å². The van der Waals surface area contributed by atoms with E-state index in [2.05, 4.69) is 24.1 Å². The highest BCUT2D eigenvalue weighted by molar-refractivity contribution is 7.92. The third-order valence-corrected chi connectivity index (χ3v) is 7.23. The molecule has 0 aliphatic heterocycles. The van der Waals surface area contributed by atoms with Crippen molar-refractivity contribution in [3.8, 4) is 5.75 Å². The van der Waals surface area contributed by atoms with Gasteiger partial charge in [0.15, 0.2) is 0 Å². The first-order valence-electron chi connectivity index (χ1n) is 10.1. The normalized spacial score (nSPS) is 11.5. The summed E-state index contributed by atoms with van der Waals surface area (Å²) in [6, 6.07) is 9.45. The molecule has 0 bridgehead atoms. The molecule has 2 aromatic carbocycles. The highest BCUT2D eigenvalue weighted by Gasteiger charge is 2.25. The van der Waals surface area contributed by atoms with Gasteiger partial charge in [0.25, 0.3) is 15.9 Å². The lowest BCUT2D eigenvalue weighted by Crippen LogP contribution is -2.35. The Hall–Kier alpha value is -2.29. The van der Waals surface area contributed by atoms with Crippen LogP contribution in [0.3, 0.4) is 0 Å². The Balaban J connectivity index is 2.29. The lowest BCUT2D eigenvalue weighted by molar-refractivity contribution is 0.0946. The van der Waals surface area contributed by atoms with Crippen molar-refractivity contribution in [2.24, 2.45) is 0 Å². The smallest absolute Gasteiger partial charge is 0.264 e. The molecular formula is C22H30ClN3O4S. The van der Waals surface area contributed by atoms with Gasteiger partial charge >= 0.3 is 0 Å². The monoisotopic (exact) mass is 467 g/mol. The van der Waals surface area contributed by atoms with Crippen molar-refractivity contribution in [1.82, 2.24) is 10.2 Å². The Morgan fingerprint density at radius 3 is 2.29 bits per heavy atom. The van der Waals surface area contributed by atoms with E-state index in [0.717, 1.165) is 29.5 Å². The first kappa shape index (κ1) is 25.0. The number of rotatable bonds is 10. The van der Waals surface area contributed by atoms with Gasteiger partial charge < -0.3 is 15.0 Å². The molecule has 0 saturated carbocycles. The highest BCUT2D eigenvalue weighted by atomic mass is 35.5. The molecule has 0 unspecified atom stereocenters. The Morgan fingerprint density at radius 1 is 1.13 bits per heavy atom. The maximum Gasteiger partial charge on any atom is 0.264 e. The molecule has 0 aromatic heterocycles. The molecule has 0 heterocycles. The number of halogens is 1. The molecule has 1 amide bonds. The van der Waals surface area contributed by atoms with Gasteiger partial charge in [-0.25, -0.2) is 8.42 Å². The maximum atomic E-state index is 13.0. The van der Waals surface area contributed by atoms with Crippen molar-refractivity contribution in [3.63, 3.8) is 0 Å². The molecule has 31 heavy (non-hydrogen) atoms. The fraction of sp³-hybridized carbons (Fsp3) is 0.409. The zero-order chi connectivity index (χ0) is 23.2. The highest BCUT2D eigenvalue weighted by Crippen LogP contribution is 2.35. The zero-order valence-electron chi connectivity index (χ0n) is 18.6. The molecule has 2 rings (SSSR count). The molecule has 0 radical (unpaired) electrons. The van der Waals surface area contributed by atoms with Crippen LogP contribution in [0.2, 0.25) is 5.02 Å². The minimum Gasteiger partial charge on any atom is -0.496 e. The number of carbonyl (C=O) groups is 1. The fourth-order valence-electron chi connectivity index (χ4n) is 3.09. The minimum atomic E-state index is -3.83. The topological polar surface area (TPSA) is 79.0 Å². The number of carbonyl (C=O) groups excluding carboxylic acids is 1. The van der Waals surface area contributed by atoms with Crippen molar-refractivity contribution in [2.75, 3.05) is 44.6 Å². The van der Waals surface area contributed by atoms with Gasteiger partial charge in [0.2, 0.25) is 0 Å². The Bertz CT molecular complexity index is 1010.